The number of carbonyl (C=O) groups excluding carboxylic acids is 3. The number of benzene rings is 2. The summed E-state index contributed by atoms with van der Waals surface area (Å²) in [5, 5.41) is 6.39. The molecule has 31 heavy (non-hydrogen) atoms. The summed E-state index contributed by atoms with van der Waals surface area (Å²) >= 11 is 0. The van der Waals surface area contributed by atoms with Gasteiger partial charge >= 0.3 is 6.03 Å². The predicted molar refractivity (Wildman–Crippen MR) is 117 cm³/mol. The summed E-state index contributed by atoms with van der Waals surface area (Å²) in [6, 6.07) is 13.7. The number of aromatic nitrogens is 1. The maximum Gasteiger partial charge on any atom is 0.324 e. The van der Waals surface area contributed by atoms with E-state index in [1.807, 2.05) is 66.3 Å². The van der Waals surface area contributed by atoms with Gasteiger partial charge in [-0.3, -0.25) is 14.5 Å². The molecule has 8 heteroatoms. The molecule has 8 nitrogen and oxygen atoms in total. The highest BCUT2D eigenvalue weighted by molar-refractivity contribution is 6.08. The van der Waals surface area contributed by atoms with Crippen LogP contribution in [0.15, 0.2) is 54.7 Å². The SMILES string of the molecule is COc1ccc(CCN2C(=O)NC(CC(=O)Nc3cccc4c3ccn4C)C2=O)cc1. The molecule has 1 aliphatic rings. The van der Waals surface area contributed by atoms with E-state index in [9.17, 15) is 14.4 Å². The molecule has 0 aliphatic carbocycles. The fourth-order valence-electron chi connectivity index (χ4n) is 3.76. The average molecular weight is 420 g/mol. The van der Waals surface area contributed by atoms with Gasteiger partial charge in [-0.25, -0.2) is 4.79 Å². The second-order valence-corrected chi connectivity index (χ2v) is 7.51. The van der Waals surface area contributed by atoms with Gasteiger partial charge in [0.15, 0.2) is 0 Å². The van der Waals surface area contributed by atoms with Crippen LogP contribution in [-0.4, -0.2) is 47.0 Å². The average Bonchev–Trinajstić information content (AvgIpc) is 3.27. The molecule has 0 radical (unpaired) electrons. The summed E-state index contributed by atoms with van der Waals surface area (Å²) in [5.74, 6) is 0.0367. The Hall–Kier alpha value is -3.81. The number of fused-ring (bicyclic) bond motifs is 1. The van der Waals surface area contributed by atoms with Crippen LogP contribution in [0.4, 0.5) is 10.5 Å². The maximum atomic E-state index is 12.7. The lowest BCUT2D eigenvalue weighted by atomic mass is 10.1. The number of carbonyl (C=O) groups is 3. The van der Waals surface area contributed by atoms with E-state index in [1.165, 1.54) is 4.90 Å². The van der Waals surface area contributed by atoms with Crippen molar-refractivity contribution in [3.63, 3.8) is 0 Å². The second kappa shape index (κ2) is 8.51. The molecule has 1 unspecified atom stereocenters. The van der Waals surface area contributed by atoms with Crippen molar-refractivity contribution in [2.75, 3.05) is 19.0 Å². The molecule has 0 spiro atoms. The fourth-order valence-corrected chi connectivity index (χ4v) is 3.76. The molecule has 2 N–H and O–H groups in total. The first-order chi connectivity index (χ1) is 15.0. The number of ether oxygens (including phenoxy) is 1. The highest BCUT2D eigenvalue weighted by Gasteiger charge is 2.38. The quantitative estimate of drug-likeness (QED) is 0.575. The van der Waals surface area contributed by atoms with E-state index < -0.39 is 12.1 Å². The molecular weight excluding hydrogens is 396 g/mol. The monoisotopic (exact) mass is 420 g/mol. The van der Waals surface area contributed by atoms with E-state index >= 15 is 0 Å². The van der Waals surface area contributed by atoms with E-state index in [-0.39, 0.29) is 24.8 Å². The van der Waals surface area contributed by atoms with Crippen LogP contribution in [0.3, 0.4) is 0 Å². The van der Waals surface area contributed by atoms with Crippen LogP contribution < -0.4 is 15.4 Å². The number of rotatable bonds is 7. The third-order valence-corrected chi connectivity index (χ3v) is 5.48. The summed E-state index contributed by atoms with van der Waals surface area (Å²) in [6.07, 6.45) is 2.33. The molecule has 160 valence electrons. The summed E-state index contributed by atoms with van der Waals surface area (Å²) < 4.78 is 7.10. The third-order valence-electron chi connectivity index (χ3n) is 5.48. The molecule has 4 rings (SSSR count). The molecule has 1 aromatic heterocycles. The van der Waals surface area contributed by atoms with E-state index in [0.29, 0.717) is 12.1 Å². The Kier molecular flexibility index (Phi) is 5.62. The van der Waals surface area contributed by atoms with Gasteiger partial charge in [-0.05, 0) is 42.3 Å². The number of hydrogen-bond acceptors (Lipinski definition) is 4. The number of aryl methyl sites for hydroxylation is 1. The minimum Gasteiger partial charge on any atom is -0.497 e. The first kappa shape index (κ1) is 20.5. The summed E-state index contributed by atoms with van der Waals surface area (Å²) in [6.45, 7) is 0.248. The van der Waals surface area contributed by atoms with Gasteiger partial charge in [-0.1, -0.05) is 18.2 Å². The Bertz CT molecular complexity index is 1140. The van der Waals surface area contributed by atoms with Crippen LogP contribution in [0.2, 0.25) is 0 Å². The molecular formula is C23H24N4O4. The standard InChI is InChI=1S/C23H24N4O4/c1-26-12-11-17-18(4-3-5-20(17)26)24-21(28)14-19-22(29)27(23(30)25-19)13-10-15-6-8-16(31-2)9-7-15/h3-9,11-12,19H,10,13-14H2,1-2H3,(H,24,28)(H,25,30). The molecule has 1 saturated heterocycles. The zero-order valence-corrected chi connectivity index (χ0v) is 17.4. The lowest BCUT2D eigenvalue weighted by molar-refractivity contribution is -0.129. The van der Waals surface area contributed by atoms with Gasteiger partial charge in [-0.15, -0.1) is 0 Å². The first-order valence-electron chi connectivity index (χ1n) is 10.0. The molecule has 4 amide bonds. The minimum absolute atomic E-state index is 0.118. The number of amides is 4. The number of nitrogens with one attached hydrogen (secondary N) is 2. The zero-order chi connectivity index (χ0) is 22.0. The summed E-state index contributed by atoms with van der Waals surface area (Å²) in [7, 11) is 3.53. The van der Waals surface area contributed by atoms with Crippen molar-refractivity contribution in [3.05, 3.63) is 60.3 Å². The molecule has 2 heterocycles. The van der Waals surface area contributed by atoms with Gasteiger partial charge in [0, 0.05) is 30.7 Å². The van der Waals surface area contributed by atoms with Crippen LogP contribution >= 0.6 is 0 Å². The molecule has 1 fully saturated rings. The number of hydrogen-bond donors (Lipinski definition) is 2. The third kappa shape index (κ3) is 4.23. The lowest BCUT2D eigenvalue weighted by Gasteiger charge is -2.13. The second-order valence-electron chi connectivity index (χ2n) is 7.51. The Labute approximate surface area is 179 Å². The number of imide groups is 1. The number of urea groups is 1. The van der Waals surface area contributed by atoms with Crippen LogP contribution in [0.5, 0.6) is 5.75 Å². The Balaban J connectivity index is 1.36. The first-order valence-corrected chi connectivity index (χ1v) is 10.0. The van der Waals surface area contributed by atoms with Crippen molar-refractivity contribution < 1.29 is 19.1 Å². The van der Waals surface area contributed by atoms with Gasteiger partial charge in [0.25, 0.3) is 5.91 Å². The van der Waals surface area contributed by atoms with Crippen molar-refractivity contribution >= 4 is 34.4 Å². The number of methoxy groups -OCH3 is 1. The topological polar surface area (TPSA) is 92.7 Å². The fraction of sp³-hybridized carbons (Fsp3) is 0.261. The van der Waals surface area contributed by atoms with Gasteiger partial charge in [-0.2, -0.15) is 0 Å². The van der Waals surface area contributed by atoms with Crippen LogP contribution in [0.1, 0.15) is 12.0 Å². The van der Waals surface area contributed by atoms with E-state index in [2.05, 4.69) is 10.6 Å². The Morgan fingerprint density at radius 2 is 1.90 bits per heavy atom. The van der Waals surface area contributed by atoms with Crippen molar-refractivity contribution in [1.82, 2.24) is 14.8 Å². The van der Waals surface area contributed by atoms with E-state index in [4.69, 9.17) is 4.74 Å². The van der Waals surface area contributed by atoms with Crippen molar-refractivity contribution in [2.24, 2.45) is 7.05 Å². The normalized spacial score (nSPS) is 15.9. The Morgan fingerprint density at radius 3 is 2.65 bits per heavy atom. The molecule has 1 atom stereocenters. The van der Waals surface area contributed by atoms with Crippen LogP contribution in [0, 0.1) is 0 Å². The highest BCUT2D eigenvalue weighted by Crippen LogP contribution is 2.24. The molecule has 1 aliphatic heterocycles. The molecule has 2 aromatic carbocycles. The van der Waals surface area contributed by atoms with Crippen molar-refractivity contribution in [2.45, 2.75) is 18.9 Å². The van der Waals surface area contributed by atoms with Crippen molar-refractivity contribution in [3.8, 4) is 5.75 Å². The van der Waals surface area contributed by atoms with Gasteiger partial charge in [0.2, 0.25) is 5.91 Å². The van der Waals surface area contributed by atoms with Crippen LogP contribution in [0.25, 0.3) is 10.9 Å². The van der Waals surface area contributed by atoms with Gasteiger partial charge < -0.3 is 19.9 Å². The highest BCUT2D eigenvalue weighted by atomic mass is 16.5. The maximum absolute atomic E-state index is 12.7. The zero-order valence-electron chi connectivity index (χ0n) is 17.4. The molecule has 0 saturated carbocycles. The van der Waals surface area contributed by atoms with E-state index in [0.717, 1.165) is 22.2 Å². The van der Waals surface area contributed by atoms with Crippen molar-refractivity contribution in [1.29, 1.82) is 0 Å². The van der Waals surface area contributed by atoms with Gasteiger partial charge in [0.05, 0.1) is 19.2 Å². The van der Waals surface area contributed by atoms with Gasteiger partial charge in [0.1, 0.15) is 11.8 Å². The lowest BCUT2D eigenvalue weighted by Crippen LogP contribution is -2.35. The van der Waals surface area contributed by atoms with Crippen LogP contribution in [-0.2, 0) is 23.1 Å². The summed E-state index contributed by atoms with van der Waals surface area (Å²) in [5.41, 5.74) is 2.66. The molecule has 3 aromatic rings. The number of anilines is 1. The number of nitrogens with zero attached hydrogens (tertiary/aromatic N) is 2. The minimum atomic E-state index is -0.863. The predicted octanol–water partition coefficient (Wildman–Crippen LogP) is 2.68. The summed E-state index contributed by atoms with van der Waals surface area (Å²) in [4.78, 5) is 38.7. The smallest absolute Gasteiger partial charge is 0.324 e. The molecule has 0 bridgehead atoms. The van der Waals surface area contributed by atoms with E-state index in [1.54, 1.807) is 7.11 Å². The Morgan fingerprint density at radius 1 is 1.13 bits per heavy atom. The largest absolute Gasteiger partial charge is 0.497 e.